The van der Waals surface area contributed by atoms with Gasteiger partial charge in [-0.15, -0.1) is 11.3 Å². The van der Waals surface area contributed by atoms with Crippen molar-refractivity contribution in [3.63, 3.8) is 0 Å². The molecule has 0 spiro atoms. The maximum Gasteiger partial charge on any atom is 0.113 e. The number of aromatic nitrogens is 3. The predicted octanol–water partition coefficient (Wildman–Crippen LogP) is 3.18. The highest BCUT2D eigenvalue weighted by atomic mass is 32.1. The van der Waals surface area contributed by atoms with E-state index in [0.29, 0.717) is 6.04 Å². The fourth-order valence-electron chi connectivity index (χ4n) is 1.78. The summed E-state index contributed by atoms with van der Waals surface area (Å²) in [5.41, 5.74) is 2.36. The summed E-state index contributed by atoms with van der Waals surface area (Å²) in [5, 5.41) is 6.67. The summed E-state index contributed by atoms with van der Waals surface area (Å²) in [6.07, 6.45) is 3.98. The summed E-state index contributed by atoms with van der Waals surface area (Å²) in [6.45, 7) is 12.5. The molecule has 0 amide bonds. The second kappa shape index (κ2) is 6.06. The Morgan fingerprint density at radius 3 is 2.70 bits per heavy atom. The van der Waals surface area contributed by atoms with Crippen LogP contribution < -0.4 is 5.32 Å². The van der Waals surface area contributed by atoms with Crippen LogP contribution in [0.1, 0.15) is 51.0 Å². The summed E-state index contributed by atoms with van der Waals surface area (Å²) in [5.74, 6) is 0. The largest absolute Gasteiger partial charge is 0.330 e. The predicted molar refractivity (Wildman–Crippen MR) is 84.1 cm³/mol. The third kappa shape index (κ3) is 4.15. The van der Waals surface area contributed by atoms with Gasteiger partial charge >= 0.3 is 0 Å². The highest BCUT2D eigenvalue weighted by molar-refractivity contribution is 7.09. The van der Waals surface area contributed by atoms with Gasteiger partial charge in [0.1, 0.15) is 5.01 Å². The van der Waals surface area contributed by atoms with Gasteiger partial charge in [0.05, 0.1) is 24.3 Å². The van der Waals surface area contributed by atoms with E-state index >= 15 is 0 Å². The Balaban J connectivity index is 1.98. The number of hydrogen-bond acceptors (Lipinski definition) is 4. The highest BCUT2D eigenvalue weighted by Crippen LogP contribution is 2.24. The number of nitrogens with one attached hydrogen (secondary N) is 1. The van der Waals surface area contributed by atoms with E-state index in [9.17, 15) is 0 Å². The Labute approximate surface area is 125 Å². The Morgan fingerprint density at radius 2 is 2.10 bits per heavy atom. The minimum atomic E-state index is 0.121. The average Bonchev–Trinajstić information content (AvgIpc) is 2.95. The maximum atomic E-state index is 4.71. The van der Waals surface area contributed by atoms with Gasteiger partial charge in [0, 0.05) is 29.6 Å². The van der Waals surface area contributed by atoms with E-state index in [2.05, 4.69) is 61.1 Å². The molecule has 0 atom stereocenters. The molecule has 0 aromatic carbocycles. The highest BCUT2D eigenvalue weighted by Gasteiger charge is 2.17. The monoisotopic (exact) mass is 292 g/mol. The smallest absolute Gasteiger partial charge is 0.113 e. The molecule has 0 aliphatic carbocycles. The van der Waals surface area contributed by atoms with Crippen LogP contribution >= 0.6 is 11.3 Å². The van der Waals surface area contributed by atoms with Crippen molar-refractivity contribution in [2.75, 3.05) is 0 Å². The first-order chi connectivity index (χ1) is 9.34. The zero-order valence-electron chi connectivity index (χ0n) is 13.0. The Bertz CT molecular complexity index is 548. The summed E-state index contributed by atoms with van der Waals surface area (Å²) in [4.78, 5) is 9.13. The lowest BCUT2D eigenvalue weighted by atomic mass is 9.93. The molecule has 2 aromatic rings. The fraction of sp³-hybridized carbons (Fsp3) is 0.600. The van der Waals surface area contributed by atoms with Gasteiger partial charge in [-0.25, -0.2) is 9.97 Å². The minimum absolute atomic E-state index is 0.121. The molecule has 20 heavy (non-hydrogen) atoms. The van der Waals surface area contributed by atoms with Crippen molar-refractivity contribution in [3.05, 3.63) is 34.3 Å². The van der Waals surface area contributed by atoms with E-state index in [-0.39, 0.29) is 5.41 Å². The molecule has 2 rings (SSSR count). The van der Waals surface area contributed by atoms with Crippen molar-refractivity contribution in [2.45, 2.75) is 59.2 Å². The number of hydrogen-bond donors (Lipinski definition) is 1. The van der Waals surface area contributed by atoms with Crippen LogP contribution in [0.3, 0.4) is 0 Å². The van der Waals surface area contributed by atoms with E-state index in [1.807, 2.05) is 6.33 Å². The van der Waals surface area contributed by atoms with Gasteiger partial charge in [0.15, 0.2) is 0 Å². The molecule has 0 radical (unpaired) electrons. The Hall–Kier alpha value is -1.20. The van der Waals surface area contributed by atoms with E-state index in [0.717, 1.165) is 23.8 Å². The van der Waals surface area contributed by atoms with Gasteiger partial charge < -0.3 is 9.88 Å². The molecular formula is C15H24N4S. The number of rotatable bonds is 5. The lowest BCUT2D eigenvalue weighted by Gasteiger charge is -2.14. The molecule has 2 heterocycles. The van der Waals surface area contributed by atoms with Crippen LogP contribution in [0.5, 0.6) is 0 Å². The van der Waals surface area contributed by atoms with E-state index in [1.165, 1.54) is 5.69 Å². The topological polar surface area (TPSA) is 42.7 Å². The molecule has 0 bridgehead atoms. The van der Waals surface area contributed by atoms with Crippen molar-refractivity contribution >= 4 is 11.3 Å². The molecule has 1 N–H and O–H groups in total. The molecule has 0 unspecified atom stereocenters. The summed E-state index contributed by atoms with van der Waals surface area (Å²) >= 11 is 1.72. The van der Waals surface area contributed by atoms with Crippen LogP contribution in [-0.4, -0.2) is 20.6 Å². The van der Waals surface area contributed by atoms with Gasteiger partial charge in [-0.3, -0.25) is 0 Å². The van der Waals surface area contributed by atoms with Crippen molar-refractivity contribution in [1.29, 1.82) is 0 Å². The number of imidazole rings is 1. The first kappa shape index (κ1) is 15.2. The van der Waals surface area contributed by atoms with Crippen molar-refractivity contribution in [3.8, 4) is 0 Å². The second-order valence-corrected chi connectivity index (χ2v) is 7.39. The molecule has 5 heteroatoms. The second-order valence-electron chi connectivity index (χ2n) is 6.45. The molecule has 110 valence electrons. The van der Waals surface area contributed by atoms with Crippen LogP contribution in [0.25, 0.3) is 0 Å². The number of nitrogens with zero attached hydrogens (tertiary/aromatic N) is 3. The maximum absolute atomic E-state index is 4.71. The van der Waals surface area contributed by atoms with Gasteiger partial charge in [0.2, 0.25) is 0 Å². The zero-order chi connectivity index (χ0) is 14.8. The van der Waals surface area contributed by atoms with Crippen LogP contribution in [0.4, 0.5) is 0 Å². The molecule has 0 aliphatic heterocycles. The van der Waals surface area contributed by atoms with E-state index in [4.69, 9.17) is 4.98 Å². The van der Waals surface area contributed by atoms with Crippen LogP contribution in [0.2, 0.25) is 0 Å². The molecule has 0 aliphatic rings. The lowest BCUT2D eigenvalue weighted by molar-refractivity contribution is 0.569. The van der Waals surface area contributed by atoms with Gasteiger partial charge in [-0.1, -0.05) is 34.6 Å². The van der Waals surface area contributed by atoms with Crippen LogP contribution in [0, 0.1) is 0 Å². The third-order valence-corrected chi connectivity index (χ3v) is 3.85. The molecule has 0 fully saturated rings. The minimum Gasteiger partial charge on any atom is -0.330 e. The van der Waals surface area contributed by atoms with E-state index in [1.54, 1.807) is 11.3 Å². The summed E-state index contributed by atoms with van der Waals surface area (Å²) < 4.78 is 2.10. The van der Waals surface area contributed by atoms with Gasteiger partial charge in [-0.05, 0) is 0 Å². The third-order valence-electron chi connectivity index (χ3n) is 3.02. The SMILES string of the molecule is CC(C)NCc1cn(Cc2nc(C(C)(C)C)cs2)cn1. The summed E-state index contributed by atoms with van der Waals surface area (Å²) in [6, 6.07) is 0.480. The van der Waals surface area contributed by atoms with Crippen molar-refractivity contribution < 1.29 is 0 Å². The van der Waals surface area contributed by atoms with E-state index < -0.39 is 0 Å². The fourth-order valence-corrected chi connectivity index (χ4v) is 2.81. The van der Waals surface area contributed by atoms with Crippen LogP contribution in [0.15, 0.2) is 17.9 Å². The van der Waals surface area contributed by atoms with Crippen LogP contribution in [-0.2, 0) is 18.5 Å². The molecule has 0 saturated carbocycles. The average molecular weight is 292 g/mol. The molecule has 0 saturated heterocycles. The van der Waals surface area contributed by atoms with Crippen molar-refractivity contribution in [1.82, 2.24) is 19.9 Å². The first-order valence-electron chi connectivity index (χ1n) is 7.03. The Morgan fingerprint density at radius 1 is 1.35 bits per heavy atom. The van der Waals surface area contributed by atoms with Gasteiger partial charge in [0.25, 0.3) is 0 Å². The molecule has 2 aromatic heterocycles. The van der Waals surface area contributed by atoms with Gasteiger partial charge in [-0.2, -0.15) is 0 Å². The normalized spacial score (nSPS) is 12.3. The lowest BCUT2D eigenvalue weighted by Crippen LogP contribution is -2.21. The summed E-state index contributed by atoms with van der Waals surface area (Å²) in [7, 11) is 0. The van der Waals surface area contributed by atoms with Crippen molar-refractivity contribution in [2.24, 2.45) is 0 Å². The zero-order valence-corrected chi connectivity index (χ0v) is 13.8. The standard InChI is InChI=1S/C15H24N4S/c1-11(2)16-6-12-7-19(10-17-12)8-14-18-13(9-20-14)15(3,4)5/h7,9-11,16H,6,8H2,1-5H3. The number of thiazole rings is 1. The first-order valence-corrected chi connectivity index (χ1v) is 7.91. The molecule has 4 nitrogen and oxygen atoms in total. The quantitative estimate of drug-likeness (QED) is 0.920. The Kier molecular flexibility index (Phi) is 4.60. The molecular weight excluding hydrogens is 268 g/mol.